The summed E-state index contributed by atoms with van der Waals surface area (Å²) in [6, 6.07) is 7.32. The van der Waals surface area contributed by atoms with Crippen LogP contribution < -0.4 is 0 Å². The standard InChI is InChI=1S/C15H16ClNO3/c1-4-9-19-14-15(2,3)13(18)17(20-14)10-11-7-5-6-8-12(11)16/h1,5-8,14H,9-10H2,2-3H3. The average Bonchev–Trinajstić information content (AvgIpc) is 2.62. The maximum absolute atomic E-state index is 12.3. The van der Waals surface area contributed by atoms with Crippen LogP contribution in [-0.4, -0.2) is 23.9 Å². The van der Waals surface area contributed by atoms with Gasteiger partial charge in [0.15, 0.2) is 6.29 Å². The zero-order valence-corrected chi connectivity index (χ0v) is 12.2. The number of nitrogens with zero attached hydrogens (tertiary/aromatic N) is 1. The Hall–Kier alpha value is -1.54. The number of carbonyl (C=O) groups excluding carboxylic acids is 1. The van der Waals surface area contributed by atoms with Crippen LogP contribution in [0.15, 0.2) is 24.3 Å². The van der Waals surface area contributed by atoms with Gasteiger partial charge in [0.25, 0.3) is 5.91 Å². The molecule has 1 aromatic rings. The smallest absolute Gasteiger partial charge is 0.257 e. The molecule has 1 aliphatic heterocycles. The van der Waals surface area contributed by atoms with Gasteiger partial charge in [0.05, 0.1) is 12.0 Å². The van der Waals surface area contributed by atoms with Crippen molar-refractivity contribution in [3.05, 3.63) is 34.9 Å². The fourth-order valence-electron chi connectivity index (χ4n) is 1.97. The lowest BCUT2D eigenvalue weighted by atomic mass is 9.92. The summed E-state index contributed by atoms with van der Waals surface area (Å²) in [4.78, 5) is 17.9. The lowest BCUT2D eigenvalue weighted by Crippen LogP contribution is -2.34. The number of hydrogen-bond donors (Lipinski definition) is 0. The van der Waals surface area contributed by atoms with Crippen molar-refractivity contribution in [2.45, 2.75) is 26.7 Å². The Morgan fingerprint density at radius 2 is 2.20 bits per heavy atom. The molecule has 1 aromatic carbocycles. The van der Waals surface area contributed by atoms with Gasteiger partial charge in [0.2, 0.25) is 0 Å². The first kappa shape index (κ1) is 14.9. The van der Waals surface area contributed by atoms with E-state index in [1.54, 1.807) is 19.9 Å². The molecule has 1 fully saturated rings. The van der Waals surface area contributed by atoms with Crippen molar-refractivity contribution in [3.63, 3.8) is 0 Å². The molecular formula is C15H16ClNO3. The molecule has 0 aliphatic carbocycles. The van der Waals surface area contributed by atoms with Gasteiger partial charge in [-0.3, -0.25) is 4.79 Å². The first-order valence-electron chi connectivity index (χ1n) is 6.24. The lowest BCUT2D eigenvalue weighted by molar-refractivity contribution is -0.243. The van der Waals surface area contributed by atoms with E-state index in [9.17, 15) is 4.79 Å². The van der Waals surface area contributed by atoms with Crippen LogP contribution in [0.4, 0.5) is 0 Å². The number of ether oxygens (including phenoxy) is 1. The summed E-state index contributed by atoms with van der Waals surface area (Å²) in [5.41, 5.74) is 0.0360. The molecule has 4 nitrogen and oxygen atoms in total. The minimum absolute atomic E-state index is 0.0985. The molecule has 1 saturated heterocycles. The molecule has 1 aliphatic rings. The zero-order valence-electron chi connectivity index (χ0n) is 11.4. The summed E-state index contributed by atoms with van der Waals surface area (Å²) < 4.78 is 5.38. The fraction of sp³-hybridized carbons (Fsp3) is 0.400. The van der Waals surface area contributed by atoms with E-state index in [-0.39, 0.29) is 19.1 Å². The second-order valence-electron chi connectivity index (χ2n) is 5.11. The Labute approximate surface area is 123 Å². The third-order valence-electron chi connectivity index (χ3n) is 3.18. The van der Waals surface area contributed by atoms with E-state index in [0.29, 0.717) is 5.02 Å². The molecule has 0 spiro atoms. The summed E-state index contributed by atoms with van der Waals surface area (Å²) in [5, 5.41) is 1.87. The van der Waals surface area contributed by atoms with Gasteiger partial charge in [0, 0.05) is 5.02 Å². The third-order valence-corrected chi connectivity index (χ3v) is 3.55. The maximum atomic E-state index is 12.3. The Balaban J connectivity index is 2.13. The molecule has 20 heavy (non-hydrogen) atoms. The summed E-state index contributed by atoms with van der Waals surface area (Å²) >= 11 is 6.09. The van der Waals surface area contributed by atoms with Crippen molar-refractivity contribution < 1.29 is 14.4 Å². The molecule has 1 atom stereocenters. The average molecular weight is 294 g/mol. The highest BCUT2D eigenvalue weighted by Gasteiger charge is 2.50. The Morgan fingerprint density at radius 1 is 1.50 bits per heavy atom. The van der Waals surface area contributed by atoms with Crippen molar-refractivity contribution in [1.82, 2.24) is 5.06 Å². The van der Waals surface area contributed by atoms with Gasteiger partial charge < -0.3 is 4.74 Å². The van der Waals surface area contributed by atoms with E-state index in [2.05, 4.69) is 5.92 Å². The maximum Gasteiger partial charge on any atom is 0.257 e. The minimum Gasteiger partial charge on any atom is -0.336 e. The number of halogens is 1. The highest BCUT2D eigenvalue weighted by atomic mass is 35.5. The van der Waals surface area contributed by atoms with Crippen LogP contribution in [-0.2, 0) is 20.9 Å². The van der Waals surface area contributed by atoms with E-state index >= 15 is 0 Å². The van der Waals surface area contributed by atoms with E-state index in [1.165, 1.54) is 5.06 Å². The third kappa shape index (κ3) is 2.80. The molecule has 0 N–H and O–H groups in total. The van der Waals surface area contributed by atoms with E-state index < -0.39 is 11.7 Å². The highest BCUT2D eigenvalue weighted by molar-refractivity contribution is 6.31. The van der Waals surface area contributed by atoms with Crippen molar-refractivity contribution in [1.29, 1.82) is 0 Å². The summed E-state index contributed by atoms with van der Waals surface area (Å²) in [7, 11) is 0. The van der Waals surface area contributed by atoms with Crippen LogP contribution in [0.25, 0.3) is 0 Å². The number of carbonyl (C=O) groups is 1. The summed E-state index contributed by atoms with van der Waals surface area (Å²) in [6.07, 6.45) is 4.47. The molecule has 0 bridgehead atoms. The predicted molar refractivity (Wildman–Crippen MR) is 75.4 cm³/mol. The van der Waals surface area contributed by atoms with Gasteiger partial charge in [-0.25, -0.2) is 9.90 Å². The topological polar surface area (TPSA) is 38.8 Å². The van der Waals surface area contributed by atoms with Crippen molar-refractivity contribution in [2.75, 3.05) is 6.61 Å². The Kier molecular flexibility index (Phi) is 4.34. The lowest BCUT2D eigenvalue weighted by Gasteiger charge is -2.19. The minimum atomic E-state index is -0.780. The van der Waals surface area contributed by atoms with Gasteiger partial charge in [0.1, 0.15) is 6.61 Å². The van der Waals surface area contributed by atoms with Gasteiger partial charge >= 0.3 is 0 Å². The molecule has 0 radical (unpaired) electrons. The zero-order chi connectivity index (χ0) is 14.8. The van der Waals surface area contributed by atoms with Crippen LogP contribution in [0, 0.1) is 17.8 Å². The second kappa shape index (κ2) is 5.84. The summed E-state index contributed by atoms with van der Waals surface area (Å²) in [6.45, 7) is 3.91. The number of hydroxylamine groups is 2. The van der Waals surface area contributed by atoms with Gasteiger partial charge in [-0.05, 0) is 25.5 Å². The van der Waals surface area contributed by atoms with E-state index in [0.717, 1.165) is 5.56 Å². The molecule has 106 valence electrons. The monoisotopic (exact) mass is 293 g/mol. The van der Waals surface area contributed by atoms with Crippen molar-refractivity contribution in [2.24, 2.45) is 5.41 Å². The van der Waals surface area contributed by atoms with Crippen LogP contribution >= 0.6 is 11.6 Å². The largest absolute Gasteiger partial charge is 0.336 e. The Bertz CT molecular complexity index is 550. The first-order valence-corrected chi connectivity index (χ1v) is 6.62. The quantitative estimate of drug-likeness (QED) is 0.801. The highest BCUT2D eigenvalue weighted by Crippen LogP contribution is 2.36. The van der Waals surface area contributed by atoms with Gasteiger partial charge in [-0.1, -0.05) is 35.7 Å². The SMILES string of the molecule is C#CCOC1ON(Cc2ccccc2Cl)C(=O)C1(C)C. The molecule has 2 rings (SSSR count). The van der Waals surface area contributed by atoms with Crippen molar-refractivity contribution in [3.8, 4) is 12.3 Å². The Morgan fingerprint density at radius 3 is 2.85 bits per heavy atom. The van der Waals surface area contributed by atoms with E-state index in [1.807, 2.05) is 18.2 Å². The van der Waals surface area contributed by atoms with Crippen LogP contribution in [0.3, 0.4) is 0 Å². The number of benzene rings is 1. The van der Waals surface area contributed by atoms with Gasteiger partial charge in [-0.15, -0.1) is 6.42 Å². The number of amides is 1. The molecule has 0 aromatic heterocycles. The normalized spacial score (nSPS) is 21.0. The number of terminal acetylenes is 1. The molecule has 1 unspecified atom stereocenters. The molecule has 1 heterocycles. The fourth-order valence-corrected chi connectivity index (χ4v) is 2.17. The van der Waals surface area contributed by atoms with Crippen LogP contribution in [0.5, 0.6) is 0 Å². The molecule has 0 saturated carbocycles. The molecular weight excluding hydrogens is 278 g/mol. The predicted octanol–water partition coefficient (Wildman–Crippen LogP) is 2.62. The molecule has 1 amide bonds. The van der Waals surface area contributed by atoms with Crippen LogP contribution in [0.2, 0.25) is 5.02 Å². The number of hydrogen-bond acceptors (Lipinski definition) is 3. The van der Waals surface area contributed by atoms with Gasteiger partial charge in [-0.2, -0.15) is 0 Å². The first-order chi connectivity index (χ1) is 9.46. The van der Waals surface area contributed by atoms with E-state index in [4.69, 9.17) is 27.6 Å². The second-order valence-corrected chi connectivity index (χ2v) is 5.51. The van der Waals surface area contributed by atoms with Crippen LogP contribution in [0.1, 0.15) is 19.4 Å². The van der Waals surface area contributed by atoms with Crippen molar-refractivity contribution >= 4 is 17.5 Å². The molecule has 5 heteroatoms. The summed E-state index contributed by atoms with van der Waals surface area (Å²) in [5.74, 6) is 2.21. The number of rotatable bonds is 4.